The molecule has 0 aliphatic carbocycles. The fourth-order valence-electron chi connectivity index (χ4n) is 3.28. The smallest absolute Gasteiger partial charge is 0.236 e. The van der Waals surface area contributed by atoms with Crippen LogP contribution in [-0.4, -0.2) is 42.2 Å². The first-order valence-electron chi connectivity index (χ1n) is 9.20. The Bertz CT molecular complexity index is 789. The molecule has 1 fully saturated rings. The van der Waals surface area contributed by atoms with Crippen LogP contribution in [0.5, 0.6) is 0 Å². The van der Waals surface area contributed by atoms with Crippen molar-refractivity contribution in [2.75, 3.05) is 31.1 Å². The van der Waals surface area contributed by atoms with Crippen LogP contribution in [0.15, 0.2) is 47.4 Å². The predicted molar refractivity (Wildman–Crippen MR) is 116 cm³/mol. The molecule has 0 bridgehead atoms. The molecular weight excluding hydrogens is 399 g/mol. The van der Waals surface area contributed by atoms with E-state index in [1.807, 2.05) is 47.4 Å². The summed E-state index contributed by atoms with van der Waals surface area (Å²) < 4.78 is 0. The average Bonchev–Trinajstić information content (AvgIpc) is 2.69. The van der Waals surface area contributed by atoms with E-state index in [1.165, 1.54) is 5.56 Å². The Labute approximate surface area is 175 Å². The lowest BCUT2D eigenvalue weighted by molar-refractivity contribution is -0.130. The van der Waals surface area contributed by atoms with Crippen molar-refractivity contribution in [3.63, 3.8) is 0 Å². The van der Waals surface area contributed by atoms with Gasteiger partial charge in [-0.2, -0.15) is 0 Å². The first kappa shape index (κ1) is 20.4. The first-order valence-corrected chi connectivity index (χ1v) is 10.8. The summed E-state index contributed by atoms with van der Waals surface area (Å²) in [5.41, 5.74) is 2.38. The zero-order chi connectivity index (χ0) is 19.4. The van der Waals surface area contributed by atoms with Gasteiger partial charge in [0.1, 0.15) is 0 Å². The fraction of sp³-hybridized carbons (Fsp3) is 0.381. The molecular formula is C21H24Cl2N2OS. The van der Waals surface area contributed by atoms with E-state index in [-0.39, 0.29) is 11.2 Å². The molecule has 1 aliphatic heterocycles. The molecule has 0 spiro atoms. The van der Waals surface area contributed by atoms with E-state index < -0.39 is 0 Å². The second-order valence-corrected chi connectivity index (χ2v) is 8.86. The number of anilines is 1. The van der Waals surface area contributed by atoms with Crippen molar-refractivity contribution in [2.45, 2.75) is 30.4 Å². The molecule has 144 valence electrons. The van der Waals surface area contributed by atoms with Crippen LogP contribution in [-0.2, 0) is 4.79 Å². The highest BCUT2D eigenvalue weighted by Gasteiger charge is 2.27. The standard InChI is InChI=1S/C21H24Cl2N2OS/c1-3-20(27-18-8-6-16(22)7-9-18)21(26)25-12-10-24(11-13-25)19-14-17(23)5-4-15(19)2/h4-9,14,20H,3,10-13H2,1-2H3/t20-/m0/s1. The molecule has 27 heavy (non-hydrogen) atoms. The molecule has 1 saturated heterocycles. The minimum atomic E-state index is -0.0642. The molecule has 3 rings (SSSR count). The molecule has 2 aromatic rings. The summed E-state index contributed by atoms with van der Waals surface area (Å²) in [6.07, 6.45) is 0.805. The number of carbonyl (C=O) groups excluding carboxylic acids is 1. The van der Waals surface area contributed by atoms with Crippen LogP contribution in [0.2, 0.25) is 10.0 Å². The van der Waals surface area contributed by atoms with Gasteiger partial charge < -0.3 is 9.80 Å². The Balaban J connectivity index is 1.61. The lowest BCUT2D eigenvalue weighted by Gasteiger charge is -2.38. The molecule has 3 nitrogen and oxygen atoms in total. The maximum atomic E-state index is 13.0. The van der Waals surface area contributed by atoms with E-state index >= 15 is 0 Å². The van der Waals surface area contributed by atoms with E-state index in [0.29, 0.717) is 5.02 Å². The second kappa shape index (κ2) is 9.22. The molecule has 1 amide bonds. The summed E-state index contributed by atoms with van der Waals surface area (Å²) in [5.74, 6) is 0.222. The van der Waals surface area contributed by atoms with Gasteiger partial charge in [0.05, 0.1) is 5.25 Å². The van der Waals surface area contributed by atoms with Crippen LogP contribution >= 0.6 is 35.0 Å². The Kier molecular flexibility index (Phi) is 6.96. The van der Waals surface area contributed by atoms with Crippen LogP contribution in [0, 0.1) is 6.92 Å². The van der Waals surface area contributed by atoms with Crippen molar-refractivity contribution < 1.29 is 4.79 Å². The van der Waals surface area contributed by atoms with Gasteiger partial charge >= 0.3 is 0 Å². The van der Waals surface area contributed by atoms with E-state index in [0.717, 1.165) is 48.2 Å². The Morgan fingerprint density at radius 3 is 2.30 bits per heavy atom. The Morgan fingerprint density at radius 2 is 1.67 bits per heavy atom. The number of piperazine rings is 1. The number of carbonyl (C=O) groups is 1. The number of amides is 1. The molecule has 1 heterocycles. The number of hydrogen-bond acceptors (Lipinski definition) is 3. The van der Waals surface area contributed by atoms with Gasteiger partial charge in [0, 0.05) is 46.8 Å². The van der Waals surface area contributed by atoms with E-state index in [9.17, 15) is 4.79 Å². The third-order valence-electron chi connectivity index (χ3n) is 4.84. The molecule has 0 unspecified atom stereocenters. The lowest BCUT2D eigenvalue weighted by Crippen LogP contribution is -2.51. The summed E-state index contributed by atoms with van der Waals surface area (Å²) in [6.45, 7) is 7.30. The highest BCUT2D eigenvalue weighted by atomic mass is 35.5. The number of thioether (sulfide) groups is 1. The molecule has 0 aromatic heterocycles. The third kappa shape index (κ3) is 5.13. The molecule has 2 aromatic carbocycles. The molecule has 6 heteroatoms. The number of benzene rings is 2. The van der Waals surface area contributed by atoms with Crippen molar-refractivity contribution in [2.24, 2.45) is 0 Å². The van der Waals surface area contributed by atoms with Crippen LogP contribution in [0.3, 0.4) is 0 Å². The normalized spacial score (nSPS) is 15.7. The van der Waals surface area contributed by atoms with Gasteiger partial charge in [-0.3, -0.25) is 4.79 Å². The number of aryl methyl sites for hydroxylation is 1. The van der Waals surface area contributed by atoms with Gasteiger partial charge in [-0.15, -0.1) is 11.8 Å². The van der Waals surface area contributed by atoms with E-state index in [1.54, 1.807) is 11.8 Å². The van der Waals surface area contributed by atoms with Crippen molar-refractivity contribution in [3.05, 3.63) is 58.1 Å². The molecule has 1 aliphatic rings. The maximum Gasteiger partial charge on any atom is 0.236 e. The molecule has 0 radical (unpaired) electrons. The summed E-state index contributed by atoms with van der Waals surface area (Å²) in [7, 11) is 0. The van der Waals surface area contributed by atoms with Crippen LogP contribution in [0.1, 0.15) is 18.9 Å². The maximum absolute atomic E-state index is 13.0. The van der Waals surface area contributed by atoms with Crippen molar-refractivity contribution in [3.8, 4) is 0 Å². The number of halogens is 2. The highest BCUT2D eigenvalue weighted by molar-refractivity contribution is 8.00. The van der Waals surface area contributed by atoms with Gasteiger partial charge in [0.2, 0.25) is 5.91 Å². The number of rotatable bonds is 5. The SMILES string of the molecule is CC[C@H](Sc1ccc(Cl)cc1)C(=O)N1CCN(c2cc(Cl)ccc2C)CC1. The fourth-order valence-corrected chi connectivity index (χ4v) is 4.61. The summed E-state index contributed by atoms with van der Waals surface area (Å²) in [4.78, 5) is 18.4. The van der Waals surface area contributed by atoms with Gasteiger partial charge in [-0.25, -0.2) is 0 Å². The largest absolute Gasteiger partial charge is 0.368 e. The molecule has 0 saturated carbocycles. The Morgan fingerprint density at radius 1 is 1.04 bits per heavy atom. The van der Waals surface area contributed by atoms with Crippen molar-refractivity contribution in [1.82, 2.24) is 4.90 Å². The quantitative estimate of drug-likeness (QED) is 0.592. The predicted octanol–water partition coefficient (Wildman–Crippen LogP) is 5.52. The van der Waals surface area contributed by atoms with E-state index in [4.69, 9.17) is 23.2 Å². The summed E-state index contributed by atoms with van der Waals surface area (Å²) >= 11 is 13.7. The van der Waals surface area contributed by atoms with Crippen LogP contribution in [0.25, 0.3) is 0 Å². The van der Waals surface area contributed by atoms with Gasteiger partial charge in [-0.05, 0) is 55.3 Å². The second-order valence-electron chi connectivity index (χ2n) is 6.71. The number of nitrogens with zero attached hydrogens (tertiary/aromatic N) is 2. The lowest BCUT2D eigenvalue weighted by atomic mass is 10.1. The topological polar surface area (TPSA) is 23.6 Å². The minimum absolute atomic E-state index is 0.0642. The Hall–Kier alpha value is -1.36. The first-order chi connectivity index (χ1) is 13.0. The van der Waals surface area contributed by atoms with Crippen LogP contribution in [0.4, 0.5) is 5.69 Å². The van der Waals surface area contributed by atoms with Crippen LogP contribution < -0.4 is 4.90 Å². The number of hydrogen-bond donors (Lipinski definition) is 0. The summed E-state index contributed by atoms with van der Waals surface area (Å²) in [6, 6.07) is 13.7. The molecule has 1 atom stereocenters. The molecule has 0 N–H and O–H groups in total. The zero-order valence-electron chi connectivity index (χ0n) is 15.6. The van der Waals surface area contributed by atoms with Gasteiger partial charge in [0.25, 0.3) is 0 Å². The van der Waals surface area contributed by atoms with Crippen molar-refractivity contribution in [1.29, 1.82) is 0 Å². The zero-order valence-corrected chi connectivity index (χ0v) is 17.9. The average molecular weight is 423 g/mol. The third-order valence-corrected chi connectivity index (χ3v) is 6.69. The monoisotopic (exact) mass is 422 g/mol. The minimum Gasteiger partial charge on any atom is -0.368 e. The van der Waals surface area contributed by atoms with E-state index in [2.05, 4.69) is 18.7 Å². The highest BCUT2D eigenvalue weighted by Crippen LogP contribution is 2.29. The van der Waals surface area contributed by atoms with Crippen molar-refractivity contribution >= 4 is 46.6 Å². The van der Waals surface area contributed by atoms with Gasteiger partial charge in [-0.1, -0.05) is 36.2 Å². The van der Waals surface area contributed by atoms with Gasteiger partial charge in [0.15, 0.2) is 0 Å². The summed E-state index contributed by atoms with van der Waals surface area (Å²) in [5, 5.41) is 1.40.